The quantitative estimate of drug-likeness (QED) is 0.816. The van der Waals surface area contributed by atoms with Gasteiger partial charge in [0.1, 0.15) is 0 Å². The number of amides is 2. The van der Waals surface area contributed by atoms with Gasteiger partial charge >= 0.3 is 0 Å². The van der Waals surface area contributed by atoms with Crippen molar-refractivity contribution in [2.45, 2.75) is 12.8 Å². The Bertz CT molecular complexity index is 396. The Hall–Kier alpha value is -1.36. The summed E-state index contributed by atoms with van der Waals surface area (Å²) >= 11 is 1.30. The first-order chi connectivity index (χ1) is 7.20. The number of nitrogens with one attached hydrogen (secondary N) is 2. The lowest BCUT2D eigenvalue weighted by Gasteiger charge is -1.98. The molecule has 1 aliphatic carbocycles. The first kappa shape index (κ1) is 10.2. The van der Waals surface area contributed by atoms with Gasteiger partial charge in [-0.25, -0.2) is 0 Å². The molecule has 4 nitrogen and oxygen atoms in total. The van der Waals surface area contributed by atoms with Crippen LogP contribution in [0.5, 0.6) is 0 Å². The molecule has 5 heteroatoms. The molecule has 1 aliphatic rings. The number of carbonyl (C=O) groups is 2. The molecule has 0 aliphatic heterocycles. The molecule has 0 aromatic carbocycles. The summed E-state index contributed by atoms with van der Waals surface area (Å²) in [4.78, 5) is 23.3. The van der Waals surface area contributed by atoms with Crippen molar-refractivity contribution in [3.63, 3.8) is 0 Å². The van der Waals surface area contributed by atoms with Crippen LogP contribution in [0.1, 0.15) is 22.5 Å². The average molecular weight is 224 g/mol. The highest BCUT2D eigenvalue weighted by Gasteiger charge is 2.29. The fraction of sp³-hybridized carbons (Fsp3) is 0.400. The first-order valence-corrected chi connectivity index (χ1v) is 5.65. The molecule has 0 atom stereocenters. The van der Waals surface area contributed by atoms with Gasteiger partial charge < -0.3 is 10.6 Å². The van der Waals surface area contributed by atoms with Crippen LogP contribution < -0.4 is 10.6 Å². The minimum absolute atomic E-state index is 0.0697. The van der Waals surface area contributed by atoms with Gasteiger partial charge in [0.2, 0.25) is 5.91 Å². The summed E-state index contributed by atoms with van der Waals surface area (Å²) in [7, 11) is 1.59. The van der Waals surface area contributed by atoms with Crippen molar-refractivity contribution in [3.05, 3.63) is 17.0 Å². The predicted octanol–water partition coefficient (Wildman–Crippen LogP) is 1.46. The van der Waals surface area contributed by atoms with E-state index in [0.717, 1.165) is 17.8 Å². The van der Waals surface area contributed by atoms with Crippen molar-refractivity contribution in [3.8, 4) is 0 Å². The van der Waals surface area contributed by atoms with Crippen LogP contribution in [0.25, 0.3) is 0 Å². The Kier molecular flexibility index (Phi) is 2.73. The van der Waals surface area contributed by atoms with Crippen LogP contribution in [-0.4, -0.2) is 18.9 Å². The molecule has 1 heterocycles. The van der Waals surface area contributed by atoms with Gasteiger partial charge in [0, 0.05) is 13.0 Å². The molecule has 2 N–H and O–H groups in total. The fourth-order valence-corrected chi connectivity index (χ4v) is 2.07. The van der Waals surface area contributed by atoms with Crippen LogP contribution in [0.15, 0.2) is 12.1 Å². The molecular weight excluding hydrogens is 212 g/mol. The van der Waals surface area contributed by atoms with E-state index >= 15 is 0 Å². The number of rotatable bonds is 3. The van der Waals surface area contributed by atoms with E-state index in [4.69, 9.17) is 0 Å². The van der Waals surface area contributed by atoms with Gasteiger partial charge in [0.15, 0.2) is 0 Å². The summed E-state index contributed by atoms with van der Waals surface area (Å²) in [6.07, 6.45) is 1.97. The number of thiophene rings is 1. The minimum atomic E-state index is -0.119. The molecule has 1 saturated carbocycles. The summed E-state index contributed by atoms with van der Waals surface area (Å²) in [6.45, 7) is 0. The van der Waals surface area contributed by atoms with Gasteiger partial charge in [-0.05, 0) is 25.0 Å². The van der Waals surface area contributed by atoms with E-state index in [1.807, 2.05) is 0 Å². The van der Waals surface area contributed by atoms with Gasteiger partial charge in [-0.15, -0.1) is 11.3 Å². The van der Waals surface area contributed by atoms with Crippen LogP contribution >= 0.6 is 11.3 Å². The van der Waals surface area contributed by atoms with Crippen LogP contribution in [-0.2, 0) is 4.79 Å². The van der Waals surface area contributed by atoms with E-state index in [9.17, 15) is 9.59 Å². The Labute approximate surface area is 91.7 Å². The summed E-state index contributed by atoms with van der Waals surface area (Å²) in [5.74, 6) is 0.141. The SMILES string of the molecule is CNC(=O)c1ccc(NC(=O)C2CC2)s1. The van der Waals surface area contributed by atoms with Crippen LogP contribution in [0.3, 0.4) is 0 Å². The second kappa shape index (κ2) is 4.02. The summed E-state index contributed by atoms with van der Waals surface area (Å²) in [5, 5.41) is 6.09. The summed E-state index contributed by atoms with van der Waals surface area (Å²) in [5.41, 5.74) is 0. The highest BCUT2D eigenvalue weighted by Crippen LogP contribution is 2.31. The van der Waals surface area contributed by atoms with Gasteiger partial charge in [-0.1, -0.05) is 0 Å². The summed E-state index contributed by atoms with van der Waals surface area (Å²) < 4.78 is 0. The van der Waals surface area contributed by atoms with Gasteiger partial charge in [-0.3, -0.25) is 9.59 Å². The minimum Gasteiger partial charge on any atom is -0.354 e. The van der Waals surface area contributed by atoms with Crippen molar-refractivity contribution >= 4 is 28.2 Å². The maximum Gasteiger partial charge on any atom is 0.261 e. The van der Waals surface area contributed by atoms with E-state index in [2.05, 4.69) is 10.6 Å². The zero-order valence-electron chi connectivity index (χ0n) is 8.37. The number of hydrogen-bond donors (Lipinski definition) is 2. The van der Waals surface area contributed by atoms with Crippen LogP contribution in [0.4, 0.5) is 5.00 Å². The molecule has 1 aromatic rings. The first-order valence-electron chi connectivity index (χ1n) is 4.83. The van der Waals surface area contributed by atoms with Crippen molar-refractivity contribution in [1.82, 2.24) is 5.32 Å². The topological polar surface area (TPSA) is 58.2 Å². The van der Waals surface area contributed by atoms with Crippen molar-refractivity contribution in [2.24, 2.45) is 5.92 Å². The molecule has 80 valence electrons. The molecule has 0 spiro atoms. The molecule has 0 saturated heterocycles. The van der Waals surface area contributed by atoms with E-state index in [0.29, 0.717) is 4.88 Å². The predicted molar refractivity (Wildman–Crippen MR) is 59.1 cm³/mol. The molecular formula is C10H12N2O2S. The van der Waals surface area contributed by atoms with Crippen molar-refractivity contribution in [2.75, 3.05) is 12.4 Å². The molecule has 0 bridgehead atoms. The third kappa shape index (κ3) is 2.36. The smallest absolute Gasteiger partial charge is 0.261 e. The third-order valence-electron chi connectivity index (χ3n) is 2.25. The molecule has 2 rings (SSSR count). The maximum absolute atomic E-state index is 11.4. The van der Waals surface area contributed by atoms with Crippen LogP contribution in [0.2, 0.25) is 0 Å². The van der Waals surface area contributed by atoms with E-state index < -0.39 is 0 Å². The lowest BCUT2D eigenvalue weighted by Crippen LogP contribution is -2.16. The lowest BCUT2D eigenvalue weighted by atomic mass is 10.4. The fourth-order valence-electron chi connectivity index (χ4n) is 1.22. The zero-order valence-corrected chi connectivity index (χ0v) is 9.19. The van der Waals surface area contributed by atoms with Crippen molar-refractivity contribution < 1.29 is 9.59 Å². The second-order valence-corrected chi connectivity index (χ2v) is 4.59. The molecule has 1 aromatic heterocycles. The zero-order chi connectivity index (χ0) is 10.8. The Morgan fingerprint density at radius 1 is 1.40 bits per heavy atom. The number of hydrogen-bond acceptors (Lipinski definition) is 3. The summed E-state index contributed by atoms with van der Waals surface area (Å²) in [6, 6.07) is 3.47. The van der Waals surface area contributed by atoms with E-state index in [1.165, 1.54) is 11.3 Å². The highest BCUT2D eigenvalue weighted by atomic mass is 32.1. The monoisotopic (exact) mass is 224 g/mol. The number of carbonyl (C=O) groups excluding carboxylic acids is 2. The Morgan fingerprint density at radius 3 is 2.73 bits per heavy atom. The molecule has 2 amide bonds. The molecule has 15 heavy (non-hydrogen) atoms. The van der Waals surface area contributed by atoms with E-state index in [1.54, 1.807) is 19.2 Å². The normalized spacial score (nSPS) is 14.7. The molecule has 0 radical (unpaired) electrons. The van der Waals surface area contributed by atoms with Gasteiger partial charge in [-0.2, -0.15) is 0 Å². The highest BCUT2D eigenvalue weighted by molar-refractivity contribution is 7.18. The third-order valence-corrected chi connectivity index (χ3v) is 3.25. The second-order valence-electron chi connectivity index (χ2n) is 3.51. The van der Waals surface area contributed by atoms with Crippen LogP contribution in [0, 0.1) is 5.92 Å². The number of anilines is 1. The molecule has 0 unspecified atom stereocenters. The molecule has 1 fully saturated rings. The van der Waals surface area contributed by atoms with Gasteiger partial charge in [0.05, 0.1) is 9.88 Å². The van der Waals surface area contributed by atoms with Crippen molar-refractivity contribution in [1.29, 1.82) is 0 Å². The lowest BCUT2D eigenvalue weighted by molar-refractivity contribution is -0.117. The average Bonchev–Trinajstić information content (AvgIpc) is 2.99. The maximum atomic E-state index is 11.4. The Morgan fingerprint density at radius 2 is 2.13 bits per heavy atom. The largest absolute Gasteiger partial charge is 0.354 e. The Balaban J connectivity index is 2.00. The van der Waals surface area contributed by atoms with E-state index in [-0.39, 0.29) is 17.7 Å². The van der Waals surface area contributed by atoms with Gasteiger partial charge in [0.25, 0.3) is 5.91 Å². The standard InChI is InChI=1S/C10H12N2O2S/c1-11-10(14)7-4-5-8(15-7)12-9(13)6-2-3-6/h4-6H,2-3H2,1H3,(H,11,14)(H,12,13).